The van der Waals surface area contributed by atoms with Crippen LogP contribution in [-0.4, -0.2) is 36.5 Å². The van der Waals surface area contributed by atoms with E-state index in [4.69, 9.17) is 15.2 Å². The number of rotatable bonds is 6. The molecule has 2 aromatic rings. The van der Waals surface area contributed by atoms with Gasteiger partial charge in [-0.1, -0.05) is 12.1 Å². The van der Waals surface area contributed by atoms with Crippen molar-refractivity contribution in [2.75, 3.05) is 31.4 Å². The predicted molar refractivity (Wildman–Crippen MR) is 87.8 cm³/mol. The predicted octanol–water partition coefficient (Wildman–Crippen LogP) is 2.98. The summed E-state index contributed by atoms with van der Waals surface area (Å²) in [6, 6.07) is 9.55. The first-order chi connectivity index (χ1) is 11.6. The van der Waals surface area contributed by atoms with E-state index in [0.717, 1.165) is 0 Å². The first-order valence-electron chi connectivity index (χ1n) is 6.99. The van der Waals surface area contributed by atoms with Crippen LogP contribution in [-0.2, 0) is 9.47 Å². The van der Waals surface area contributed by atoms with Gasteiger partial charge < -0.3 is 20.3 Å². The summed E-state index contributed by atoms with van der Waals surface area (Å²) in [7, 11) is 1.51. The van der Waals surface area contributed by atoms with Gasteiger partial charge in [-0.3, -0.25) is 5.32 Å². The molecule has 4 N–H and O–H groups in total. The van der Waals surface area contributed by atoms with Gasteiger partial charge in [-0.2, -0.15) is 0 Å². The summed E-state index contributed by atoms with van der Waals surface area (Å²) in [4.78, 5) is 15.5. The lowest BCUT2D eigenvalue weighted by Gasteiger charge is -2.07. The van der Waals surface area contributed by atoms with Gasteiger partial charge in [0.1, 0.15) is 29.5 Å². The number of nitrogens with two attached hydrogens (primary N) is 1. The zero-order valence-electron chi connectivity index (χ0n) is 13.0. The van der Waals surface area contributed by atoms with Crippen molar-refractivity contribution in [2.45, 2.75) is 0 Å². The number of phenolic OH excluding ortho intramolecular Hbond substituents is 1. The molecule has 24 heavy (non-hydrogen) atoms. The highest BCUT2D eigenvalue weighted by Crippen LogP contribution is 2.29. The Morgan fingerprint density at radius 1 is 1.21 bits per heavy atom. The third kappa shape index (κ3) is 4.92. The minimum Gasteiger partial charge on any atom is -0.506 e. The van der Waals surface area contributed by atoms with Crippen molar-refractivity contribution in [3.63, 3.8) is 0 Å². The molecule has 0 atom stereocenters. The normalized spacial score (nSPS) is 10.7. The quantitative estimate of drug-likeness (QED) is 0.551. The number of hydrogen-bond acceptors (Lipinski definition) is 8. The summed E-state index contributed by atoms with van der Waals surface area (Å²) in [5.74, 6) is 0.296. The average molecular weight is 331 g/mol. The van der Waals surface area contributed by atoms with E-state index in [2.05, 4.69) is 20.5 Å². The first-order valence-corrected chi connectivity index (χ1v) is 6.99. The molecule has 2 rings (SSSR count). The summed E-state index contributed by atoms with van der Waals surface area (Å²) in [6.07, 6.45) is -0.664. The smallest absolute Gasteiger partial charge is 0.412 e. The number of aromatic nitrogens is 1. The fourth-order valence-electron chi connectivity index (χ4n) is 1.64. The van der Waals surface area contributed by atoms with E-state index >= 15 is 0 Å². The fourth-order valence-corrected chi connectivity index (χ4v) is 1.64. The minimum absolute atomic E-state index is 0.00451. The van der Waals surface area contributed by atoms with Crippen LogP contribution < -0.4 is 11.1 Å². The summed E-state index contributed by atoms with van der Waals surface area (Å²) in [5.41, 5.74) is 6.39. The lowest BCUT2D eigenvalue weighted by Crippen LogP contribution is -2.17. The van der Waals surface area contributed by atoms with Crippen molar-refractivity contribution < 1.29 is 19.4 Å². The number of anilines is 2. The molecule has 0 aliphatic rings. The SMILES string of the molecule is COCCOC(=O)Nc1ccc(/N=N/c2ccccc2O)c(N)n1. The van der Waals surface area contributed by atoms with E-state index in [1.54, 1.807) is 18.2 Å². The number of amides is 1. The number of benzene rings is 1. The molecule has 0 saturated carbocycles. The Morgan fingerprint density at radius 2 is 1.96 bits per heavy atom. The number of ether oxygens (including phenoxy) is 2. The largest absolute Gasteiger partial charge is 0.506 e. The van der Waals surface area contributed by atoms with Crippen LogP contribution >= 0.6 is 0 Å². The van der Waals surface area contributed by atoms with E-state index in [9.17, 15) is 9.90 Å². The van der Waals surface area contributed by atoms with Gasteiger partial charge in [0.15, 0.2) is 5.82 Å². The van der Waals surface area contributed by atoms with Gasteiger partial charge in [0.25, 0.3) is 0 Å². The zero-order chi connectivity index (χ0) is 17.4. The third-order valence-electron chi connectivity index (χ3n) is 2.80. The molecule has 9 nitrogen and oxygen atoms in total. The fraction of sp³-hybridized carbons (Fsp3) is 0.200. The Bertz CT molecular complexity index is 736. The molecule has 1 heterocycles. The van der Waals surface area contributed by atoms with Crippen LogP contribution in [0.2, 0.25) is 0 Å². The van der Waals surface area contributed by atoms with Crippen LogP contribution in [0.3, 0.4) is 0 Å². The van der Waals surface area contributed by atoms with Crippen molar-refractivity contribution in [1.29, 1.82) is 0 Å². The molecular formula is C15H17N5O4. The van der Waals surface area contributed by atoms with Gasteiger partial charge in [0.05, 0.1) is 6.61 Å². The molecular weight excluding hydrogens is 314 g/mol. The maximum Gasteiger partial charge on any atom is 0.412 e. The molecule has 0 radical (unpaired) electrons. The molecule has 0 fully saturated rings. The van der Waals surface area contributed by atoms with Crippen LogP contribution in [0.5, 0.6) is 5.75 Å². The number of para-hydroxylation sites is 1. The van der Waals surface area contributed by atoms with E-state index in [-0.39, 0.29) is 24.0 Å². The molecule has 1 aromatic heterocycles. The summed E-state index contributed by atoms with van der Waals surface area (Å²) in [5, 5.41) is 19.9. The van der Waals surface area contributed by atoms with Crippen LogP contribution in [0.15, 0.2) is 46.6 Å². The Morgan fingerprint density at radius 3 is 2.67 bits per heavy atom. The van der Waals surface area contributed by atoms with Crippen LogP contribution in [0.4, 0.5) is 27.8 Å². The highest BCUT2D eigenvalue weighted by atomic mass is 16.6. The molecule has 9 heteroatoms. The molecule has 126 valence electrons. The standard InChI is InChI=1S/C15H17N5O4/c1-23-8-9-24-15(22)18-13-7-6-11(14(16)17-13)20-19-10-4-2-3-5-12(10)21/h2-7,21H,8-9H2,1H3,(H3,16,17,18,22)/b20-19+. The van der Waals surface area contributed by atoms with Gasteiger partial charge in [-0.05, 0) is 24.3 Å². The number of aromatic hydroxyl groups is 1. The topological polar surface area (TPSA) is 131 Å². The average Bonchev–Trinajstić information content (AvgIpc) is 2.56. The lowest BCUT2D eigenvalue weighted by atomic mass is 10.3. The Kier molecular flexibility index (Phi) is 6.03. The zero-order valence-corrected chi connectivity index (χ0v) is 13.0. The van der Waals surface area contributed by atoms with Gasteiger partial charge in [-0.15, -0.1) is 10.2 Å². The number of carbonyl (C=O) groups excluding carboxylic acids is 1. The monoisotopic (exact) mass is 331 g/mol. The second-order valence-corrected chi connectivity index (χ2v) is 4.54. The van der Waals surface area contributed by atoms with Crippen molar-refractivity contribution in [1.82, 2.24) is 4.98 Å². The van der Waals surface area contributed by atoms with Crippen molar-refractivity contribution in [3.05, 3.63) is 36.4 Å². The number of nitrogens with one attached hydrogen (secondary N) is 1. The van der Waals surface area contributed by atoms with Crippen LogP contribution in [0.25, 0.3) is 0 Å². The van der Waals surface area contributed by atoms with Crippen LogP contribution in [0.1, 0.15) is 0 Å². The van der Waals surface area contributed by atoms with E-state index < -0.39 is 6.09 Å². The van der Waals surface area contributed by atoms with Crippen molar-refractivity contribution >= 4 is 29.1 Å². The molecule has 1 aromatic carbocycles. The molecule has 0 aliphatic heterocycles. The number of hydrogen-bond donors (Lipinski definition) is 3. The Labute approximate surface area is 138 Å². The summed E-state index contributed by atoms with van der Waals surface area (Å²) in [6.45, 7) is 0.430. The van der Waals surface area contributed by atoms with E-state index in [1.165, 1.54) is 25.3 Å². The second kappa shape index (κ2) is 8.44. The molecule has 0 bridgehead atoms. The van der Waals surface area contributed by atoms with Crippen molar-refractivity contribution in [3.8, 4) is 5.75 Å². The number of methoxy groups -OCH3 is 1. The van der Waals surface area contributed by atoms with Gasteiger partial charge in [-0.25, -0.2) is 9.78 Å². The number of pyridine rings is 1. The maximum absolute atomic E-state index is 11.5. The van der Waals surface area contributed by atoms with Gasteiger partial charge in [0, 0.05) is 7.11 Å². The van der Waals surface area contributed by atoms with Gasteiger partial charge in [0.2, 0.25) is 0 Å². The number of nitrogens with zero attached hydrogens (tertiary/aromatic N) is 3. The number of carbonyl (C=O) groups is 1. The summed E-state index contributed by atoms with van der Waals surface area (Å²) >= 11 is 0. The number of nitrogen functional groups attached to an aromatic ring is 1. The first kappa shape index (κ1) is 17.2. The van der Waals surface area contributed by atoms with Crippen molar-refractivity contribution in [2.24, 2.45) is 10.2 Å². The Balaban J connectivity index is 2.02. The number of phenols is 1. The molecule has 1 amide bonds. The minimum atomic E-state index is -0.664. The van der Waals surface area contributed by atoms with E-state index in [0.29, 0.717) is 18.0 Å². The van der Waals surface area contributed by atoms with E-state index in [1.807, 2.05) is 0 Å². The molecule has 0 unspecified atom stereocenters. The Hall–Kier alpha value is -3.20. The lowest BCUT2D eigenvalue weighted by molar-refractivity contribution is 0.107. The molecule has 0 saturated heterocycles. The van der Waals surface area contributed by atoms with Gasteiger partial charge >= 0.3 is 6.09 Å². The number of azo groups is 1. The second-order valence-electron chi connectivity index (χ2n) is 4.54. The maximum atomic E-state index is 11.5. The summed E-state index contributed by atoms with van der Waals surface area (Å²) < 4.78 is 9.62. The highest BCUT2D eigenvalue weighted by Gasteiger charge is 2.07. The molecule has 0 aliphatic carbocycles. The third-order valence-corrected chi connectivity index (χ3v) is 2.80. The van der Waals surface area contributed by atoms with Crippen LogP contribution in [0, 0.1) is 0 Å². The molecule has 0 spiro atoms. The highest BCUT2D eigenvalue weighted by molar-refractivity contribution is 5.84.